The van der Waals surface area contributed by atoms with Crippen molar-refractivity contribution in [1.29, 1.82) is 0 Å². The van der Waals surface area contributed by atoms with E-state index in [0.29, 0.717) is 11.3 Å². The third kappa shape index (κ3) is 6.13. The summed E-state index contributed by atoms with van der Waals surface area (Å²) in [4.78, 5) is 12.5. The summed E-state index contributed by atoms with van der Waals surface area (Å²) in [6, 6.07) is 10.1. The zero-order chi connectivity index (χ0) is 22.5. The van der Waals surface area contributed by atoms with Crippen molar-refractivity contribution in [3.05, 3.63) is 71.3 Å². The Morgan fingerprint density at radius 1 is 1.10 bits per heavy atom. The van der Waals surface area contributed by atoms with E-state index in [4.69, 9.17) is 11.6 Å². The van der Waals surface area contributed by atoms with Crippen molar-refractivity contribution in [2.24, 2.45) is 0 Å². The number of hydrogen-bond acceptors (Lipinski definition) is 5. The number of carbonyl (C=O) groups excluding carboxylic acids is 1. The van der Waals surface area contributed by atoms with Crippen LogP contribution in [0.3, 0.4) is 0 Å². The highest BCUT2D eigenvalue weighted by Gasteiger charge is 2.21. The van der Waals surface area contributed by atoms with Gasteiger partial charge in [0.05, 0.1) is 21.2 Å². The number of halogens is 1. The number of anilines is 1. The first-order valence-electron chi connectivity index (χ1n) is 8.67. The molecular formula is C19H22ClN3O5S2. The van der Waals surface area contributed by atoms with Gasteiger partial charge in [-0.15, -0.1) is 6.58 Å². The number of hydrogen-bond donors (Lipinski definition) is 2. The molecule has 0 radical (unpaired) electrons. The fraction of sp³-hybridized carbons (Fsp3) is 0.211. The van der Waals surface area contributed by atoms with Crippen LogP contribution in [0.1, 0.15) is 15.9 Å². The van der Waals surface area contributed by atoms with E-state index in [1.54, 1.807) is 24.3 Å². The molecular weight excluding hydrogens is 450 g/mol. The fourth-order valence-corrected chi connectivity index (χ4v) is 4.63. The smallest absolute Gasteiger partial charge is 0.257 e. The Morgan fingerprint density at radius 3 is 2.30 bits per heavy atom. The SMILES string of the molecule is C=CCNS(=O)(=O)Cc1ccc(NC(=O)c2cc(S(=O)(=O)N(C)C)ccc2Cl)cc1. The van der Waals surface area contributed by atoms with E-state index in [1.165, 1.54) is 38.4 Å². The minimum absolute atomic E-state index is 0.000119. The summed E-state index contributed by atoms with van der Waals surface area (Å²) in [6.45, 7) is 3.59. The van der Waals surface area contributed by atoms with Gasteiger partial charge in [-0.1, -0.05) is 29.8 Å². The molecule has 0 bridgehead atoms. The molecule has 0 fully saturated rings. The Morgan fingerprint density at radius 2 is 1.73 bits per heavy atom. The van der Waals surface area contributed by atoms with Gasteiger partial charge in [0, 0.05) is 26.3 Å². The standard InChI is InChI=1S/C19H22ClN3O5S2/c1-4-11-21-29(25,26)13-14-5-7-15(8-6-14)22-19(24)17-12-16(9-10-18(17)20)30(27,28)23(2)3/h4-10,12,21H,1,11,13H2,2-3H3,(H,22,24). The summed E-state index contributed by atoms with van der Waals surface area (Å²) in [5, 5.41) is 2.72. The Kier molecular flexibility index (Phi) is 7.78. The molecule has 0 unspecified atom stereocenters. The average molecular weight is 472 g/mol. The van der Waals surface area contributed by atoms with Crippen LogP contribution in [0.4, 0.5) is 5.69 Å². The summed E-state index contributed by atoms with van der Waals surface area (Å²) in [5.74, 6) is -0.811. The largest absolute Gasteiger partial charge is 0.322 e. The van der Waals surface area contributed by atoms with E-state index in [0.717, 1.165) is 4.31 Å². The summed E-state index contributed by atoms with van der Waals surface area (Å²) in [7, 11) is -4.45. The number of nitrogens with one attached hydrogen (secondary N) is 2. The lowest BCUT2D eigenvalue weighted by Gasteiger charge is -2.13. The van der Waals surface area contributed by atoms with Gasteiger partial charge in [-0.3, -0.25) is 4.79 Å². The van der Waals surface area contributed by atoms with Crippen molar-refractivity contribution in [3.8, 4) is 0 Å². The van der Waals surface area contributed by atoms with Crippen LogP contribution in [0.15, 0.2) is 60.0 Å². The van der Waals surface area contributed by atoms with Gasteiger partial charge in [0.2, 0.25) is 20.0 Å². The van der Waals surface area contributed by atoms with Crippen molar-refractivity contribution in [1.82, 2.24) is 9.03 Å². The second kappa shape index (κ2) is 9.71. The van der Waals surface area contributed by atoms with Gasteiger partial charge in [-0.2, -0.15) is 0 Å². The third-order valence-electron chi connectivity index (χ3n) is 3.98. The Labute approximate surface area is 181 Å². The van der Waals surface area contributed by atoms with Crippen LogP contribution in [-0.4, -0.2) is 47.7 Å². The van der Waals surface area contributed by atoms with E-state index in [9.17, 15) is 21.6 Å². The minimum Gasteiger partial charge on any atom is -0.322 e. The van der Waals surface area contributed by atoms with Gasteiger partial charge in [-0.05, 0) is 35.9 Å². The summed E-state index contributed by atoms with van der Waals surface area (Å²) < 4.78 is 51.8. The molecule has 0 aliphatic carbocycles. The molecule has 2 aromatic carbocycles. The van der Waals surface area contributed by atoms with Gasteiger partial charge in [-0.25, -0.2) is 25.9 Å². The first kappa shape index (κ1) is 24.0. The van der Waals surface area contributed by atoms with Gasteiger partial charge >= 0.3 is 0 Å². The van der Waals surface area contributed by atoms with Crippen molar-refractivity contribution in [2.75, 3.05) is 26.0 Å². The molecule has 30 heavy (non-hydrogen) atoms. The molecule has 0 saturated carbocycles. The second-order valence-electron chi connectivity index (χ2n) is 6.48. The molecule has 2 N–H and O–H groups in total. The highest BCUT2D eigenvalue weighted by molar-refractivity contribution is 7.89. The van der Waals surface area contributed by atoms with E-state index < -0.39 is 26.0 Å². The predicted octanol–water partition coefficient (Wildman–Crippen LogP) is 2.45. The molecule has 0 saturated heterocycles. The van der Waals surface area contributed by atoms with Crippen LogP contribution in [0.5, 0.6) is 0 Å². The van der Waals surface area contributed by atoms with Crippen LogP contribution < -0.4 is 10.0 Å². The van der Waals surface area contributed by atoms with Gasteiger partial charge in [0.1, 0.15) is 0 Å². The zero-order valence-electron chi connectivity index (χ0n) is 16.4. The van der Waals surface area contributed by atoms with Crippen LogP contribution in [0.25, 0.3) is 0 Å². The Balaban J connectivity index is 2.18. The second-order valence-corrected chi connectivity index (χ2v) is 10.8. The summed E-state index contributed by atoms with van der Waals surface area (Å²) >= 11 is 6.08. The van der Waals surface area contributed by atoms with Crippen molar-refractivity contribution < 1.29 is 21.6 Å². The maximum absolute atomic E-state index is 12.6. The number of amides is 1. The van der Waals surface area contributed by atoms with Crippen LogP contribution in [-0.2, 0) is 25.8 Å². The molecule has 0 aromatic heterocycles. The highest BCUT2D eigenvalue weighted by Crippen LogP contribution is 2.23. The Hall–Kier alpha value is -2.24. The van der Waals surface area contributed by atoms with Crippen LogP contribution in [0, 0.1) is 0 Å². The molecule has 162 valence electrons. The highest BCUT2D eigenvalue weighted by atomic mass is 35.5. The lowest BCUT2D eigenvalue weighted by molar-refractivity contribution is 0.102. The number of benzene rings is 2. The average Bonchev–Trinajstić information content (AvgIpc) is 2.67. The fourth-order valence-electron chi connectivity index (χ4n) is 2.39. The van der Waals surface area contributed by atoms with E-state index >= 15 is 0 Å². The van der Waals surface area contributed by atoms with Crippen molar-refractivity contribution in [2.45, 2.75) is 10.6 Å². The van der Waals surface area contributed by atoms with Gasteiger partial charge < -0.3 is 5.32 Å². The molecule has 8 nitrogen and oxygen atoms in total. The number of sulfonamides is 2. The number of rotatable bonds is 9. The van der Waals surface area contributed by atoms with Crippen molar-refractivity contribution in [3.63, 3.8) is 0 Å². The molecule has 0 heterocycles. The molecule has 0 aliphatic rings. The summed E-state index contributed by atoms with van der Waals surface area (Å²) in [5.41, 5.74) is 0.929. The first-order chi connectivity index (χ1) is 14.0. The monoisotopic (exact) mass is 471 g/mol. The maximum Gasteiger partial charge on any atom is 0.257 e. The lowest BCUT2D eigenvalue weighted by Crippen LogP contribution is -2.25. The normalized spacial score (nSPS) is 12.0. The van der Waals surface area contributed by atoms with Gasteiger partial charge in [0.25, 0.3) is 5.91 Å². The van der Waals surface area contributed by atoms with E-state index in [1.807, 2.05) is 0 Å². The van der Waals surface area contributed by atoms with Crippen LogP contribution in [0.2, 0.25) is 5.02 Å². The topological polar surface area (TPSA) is 113 Å². The maximum atomic E-state index is 12.6. The third-order valence-corrected chi connectivity index (χ3v) is 7.44. The molecule has 1 amide bonds. The molecule has 0 spiro atoms. The molecule has 2 rings (SSSR count). The van der Waals surface area contributed by atoms with Gasteiger partial charge in [0.15, 0.2) is 0 Å². The number of nitrogens with zero attached hydrogens (tertiary/aromatic N) is 1. The van der Waals surface area contributed by atoms with Crippen LogP contribution >= 0.6 is 11.6 Å². The molecule has 0 aliphatic heterocycles. The zero-order valence-corrected chi connectivity index (χ0v) is 18.8. The summed E-state index contributed by atoms with van der Waals surface area (Å²) in [6.07, 6.45) is 1.44. The minimum atomic E-state index is -3.73. The molecule has 2 aromatic rings. The van der Waals surface area contributed by atoms with E-state index in [2.05, 4.69) is 16.6 Å². The lowest BCUT2D eigenvalue weighted by atomic mass is 10.2. The molecule has 0 atom stereocenters. The van der Waals surface area contributed by atoms with Crippen molar-refractivity contribution >= 4 is 43.2 Å². The quantitative estimate of drug-likeness (QED) is 0.545. The Bertz CT molecular complexity index is 1150. The van der Waals surface area contributed by atoms with E-state index in [-0.39, 0.29) is 27.8 Å². The number of carbonyl (C=O) groups is 1. The predicted molar refractivity (Wildman–Crippen MR) is 118 cm³/mol. The molecule has 11 heteroatoms. The first-order valence-corrected chi connectivity index (χ1v) is 12.1.